The average molecular weight is 608 g/mol. The lowest BCUT2D eigenvalue weighted by Gasteiger charge is -2.45. The highest BCUT2D eigenvalue weighted by molar-refractivity contribution is 7.89. The van der Waals surface area contributed by atoms with E-state index in [9.17, 15) is 22.0 Å². The van der Waals surface area contributed by atoms with Gasteiger partial charge in [0, 0.05) is 19.1 Å². The van der Waals surface area contributed by atoms with Crippen LogP contribution in [0.25, 0.3) is 0 Å². The molecular weight excluding hydrogens is 572 g/mol. The summed E-state index contributed by atoms with van der Waals surface area (Å²) in [5, 5.41) is -0.227. The molecule has 0 N–H and O–H groups in total. The fraction of sp³-hybridized carbons (Fsp3) is 0.567. The fourth-order valence-corrected chi connectivity index (χ4v) is 9.44. The van der Waals surface area contributed by atoms with Crippen molar-refractivity contribution in [1.82, 2.24) is 14.1 Å². The van der Waals surface area contributed by atoms with Gasteiger partial charge in [0.1, 0.15) is 22.1 Å². The summed E-state index contributed by atoms with van der Waals surface area (Å²) < 4.78 is 64.3. The van der Waals surface area contributed by atoms with Crippen LogP contribution in [0.15, 0.2) is 47.4 Å². The minimum absolute atomic E-state index is 0.222. The Morgan fingerprint density at radius 1 is 0.902 bits per heavy atom. The van der Waals surface area contributed by atoms with Gasteiger partial charge in [-0.15, -0.1) is 0 Å². The molecule has 0 unspecified atom stereocenters. The molecule has 1 saturated carbocycles. The van der Waals surface area contributed by atoms with Gasteiger partial charge < -0.3 is 14.5 Å². The molecule has 3 heterocycles. The van der Waals surface area contributed by atoms with Crippen molar-refractivity contribution in [3.05, 3.63) is 64.7 Å². The summed E-state index contributed by atoms with van der Waals surface area (Å²) in [6, 6.07) is 8.26. The van der Waals surface area contributed by atoms with Gasteiger partial charge in [-0.2, -0.15) is 4.31 Å². The van der Waals surface area contributed by atoms with E-state index in [0.717, 1.165) is 44.1 Å². The van der Waals surface area contributed by atoms with Crippen molar-refractivity contribution in [3.63, 3.8) is 0 Å². The number of amides is 1. The number of benzene rings is 2. The normalized spacial score (nSPS) is 25.8. The van der Waals surface area contributed by atoms with E-state index in [1.54, 1.807) is 17.0 Å². The van der Waals surface area contributed by atoms with E-state index in [0.29, 0.717) is 56.8 Å². The van der Waals surface area contributed by atoms with Crippen molar-refractivity contribution in [3.8, 4) is 0 Å². The molecule has 6 rings (SSSR count). The molecule has 41 heavy (non-hydrogen) atoms. The lowest BCUT2D eigenvalue weighted by Crippen LogP contribution is -2.55. The lowest BCUT2D eigenvalue weighted by atomic mass is 9.90. The highest BCUT2D eigenvalue weighted by atomic mass is 35.5. The van der Waals surface area contributed by atoms with Gasteiger partial charge in [-0.25, -0.2) is 22.0 Å². The third kappa shape index (κ3) is 5.72. The number of halogens is 3. The van der Waals surface area contributed by atoms with Crippen LogP contribution in [-0.2, 0) is 14.8 Å². The molecule has 4 fully saturated rings. The first-order valence-corrected chi connectivity index (χ1v) is 16.5. The van der Waals surface area contributed by atoms with Crippen molar-refractivity contribution < 1.29 is 26.7 Å². The summed E-state index contributed by atoms with van der Waals surface area (Å²) in [5.41, 5.74) is -0.461. The number of sulfonamides is 1. The fourth-order valence-electron chi connectivity index (χ4n) is 7.02. The molecule has 4 aliphatic rings. The van der Waals surface area contributed by atoms with Gasteiger partial charge in [0.2, 0.25) is 10.0 Å². The van der Waals surface area contributed by atoms with E-state index in [2.05, 4.69) is 4.90 Å². The standard InChI is InChI=1S/C30H36ClF2N3O4S/c31-25-20-23(33)9-10-27(25)41(38,39)36-26(21-5-3-6-22(32)19-21)7-4-8-28(36)30(13-14-30)40-29(37)35-17-11-24(12-18-35)34-15-1-2-16-34/h3,5-6,9-10,19-20,24,26,28H,1-2,4,7-8,11-18H2/t26-,28+/m0/s1. The van der Waals surface area contributed by atoms with E-state index in [4.69, 9.17) is 16.3 Å². The minimum atomic E-state index is -4.29. The highest BCUT2D eigenvalue weighted by Crippen LogP contribution is 2.53. The first-order valence-electron chi connectivity index (χ1n) is 14.6. The molecule has 0 radical (unpaired) electrons. The third-order valence-corrected chi connectivity index (χ3v) is 11.7. The molecule has 2 aromatic rings. The van der Waals surface area contributed by atoms with Gasteiger partial charge in [0.15, 0.2) is 0 Å². The Morgan fingerprint density at radius 3 is 2.27 bits per heavy atom. The Kier molecular flexibility index (Phi) is 8.04. The number of carbonyl (C=O) groups excluding carboxylic acids is 1. The molecule has 222 valence electrons. The molecule has 3 saturated heterocycles. The number of rotatable bonds is 6. The van der Waals surface area contributed by atoms with Gasteiger partial charge in [0.25, 0.3) is 0 Å². The van der Waals surface area contributed by atoms with Crippen LogP contribution in [-0.4, -0.2) is 72.5 Å². The second-order valence-electron chi connectivity index (χ2n) is 11.8. The van der Waals surface area contributed by atoms with Crippen molar-refractivity contribution in [1.29, 1.82) is 0 Å². The SMILES string of the molecule is O=C(OC1([C@H]2CCC[C@@H](c3cccc(F)c3)N2S(=O)(=O)c2ccc(F)cc2Cl)CC1)N1CCC(N2CCCC2)CC1. The van der Waals surface area contributed by atoms with Crippen LogP contribution in [0.2, 0.25) is 5.02 Å². The summed E-state index contributed by atoms with van der Waals surface area (Å²) in [6.45, 7) is 3.46. The second kappa shape index (κ2) is 11.4. The van der Waals surface area contributed by atoms with E-state index < -0.39 is 45.4 Å². The number of likely N-dealkylation sites (tertiary alicyclic amines) is 2. The molecule has 3 aliphatic heterocycles. The predicted molar refractivity (Wildman–Crippen MR) is 151 cm³/mol. The zero-order chi connectivity index (χ0) is 28.8. The van der Waals surface area contributed by atoms with Crippen LogP contribution in [0.1, 0.15) is 69.4 Å². The van der Waals surface area contributed by atoms with Crippen molar-refractivity contribution >= 4 is 27.7 Å². The lowest BCUT2D eigenvalue weighted by molar-refractivity contribution is -0.0134. The Labute approximate surface area is 245 Å². The van der Waals surface area contributed by atoms with Crippen LogP contribution in [0.3, 0.4) is 0 Å². The maximum Gasteiger partial charge on any atom is 0.410 e. The quantitative estimate of drug-likeness (QED) is 0.395. The molecule has 1 amide bonds. The molecule has 0 aromatic heterocycles. The number of hydrogen-bond donors (Lipinski definition) is 0. The van der Waals surface area contributed by atoms with Crippen LogP contribution >= 0.6 is 11.6 Å². The van der Waals surface area contributed by atoms with E-state index in [1.165, 1.54) is 29.3 Å². The monoisotopic (exact) mass is 607 g/mol. The number of carbonyl (C=O) groups is 1. The Hall–Kier alpha value is -2.27. The van der Waals surface area contributed by atoms with E-state index >= 15 is 0 Å². The number of hydrogen-bond acceptors (Lipinski definition) is 5. The largest absolute Gasteiger partial charge is 0.441 e. The van der Waals surface area contributed by atoms with Crippen molar-refractivity contribution in [2.24, 2.45) is 0 Å². The molecule has 0 bridgehead atoms. The van der Waals surface area contributed by atoms with Gasteiger partial charge in [0.05, 0.1) is 17.1 Å². The highest BCUT2D eigenvalue weighted by Gasteiger charge is 2.60. The molecule has 11 heteroatoms. The Bertz CT molecular complexity index is 1390. The van der Waals surface area contributed by atoms with Gasteiger partial charge in [-0.05, 0) is 107 Å². The third-order valence-electron chi connectivity index (χ3n) is 9.27. The first kappa shape index (κ1) is 28.8. The topological polar surface area (TPSA) is 70.2 Å². The molecule has 1 aliphatic carbocycles. The zero-order valence-corrected chi connectivity index (χ0v) is 24.6. The average Bonchev–Trinajstić information content (AvgIpc) is 3.52. The summed E-state index contributed by atoms with van der Waals surface area (Å²) in [4.78, 5) is 17.5. The summed E-state index contributed by atoms with van der Waals surface area (Å²) in [5.74, 6) is -1.11. The Morgan fingerprint density at radius 2 is 1.61 bits per heavy atom. The molecule has 2 aromatic carbocycles. The maximum atomic E-state index is 14.3. The summed E-state index contributed by atoms with van der Waals surface area (Å²) in [6.07, 6.45) is 6.53. The maximum absolute atomic E-state index is 14.3. The summed E-state index contributed by atoms with van der Waals surface area (Å²) in [7, 11) is -4.29. The zero-order valence-electron chi connectivity index (χ0n) is 23.0. The van der Waals surface area contributed by atoms with Gasteiger partial charge in [-0.3, -0.25) is 0 Å². The minimum Gasteiger partial charge on any atom is -0.441 e. The number of piperidine rings is 2. The predicted octanol–water partition coefficient (Wildman–Crippen LogP) is 6.13. The van der Waals surface area contributed by atoms with Crippen LogP contribution in [0.5, 0.6) is 0 Å². The van der Waals surface area contributed by atoms with Gasteiger partial charge >= 0.3 is 6.09 Å². The number of nitrogens with zero attached hydrogens (tertiary/aromatic N) is 3. The van der Waals surface area contributed by atoms with Crippen molar-refractivity contribution in [2.75, 3.05) is 26.2 Å². The van der Waals surface area contributed by atoms with Crippen LogP contribution < -0.4 is 0 Å². The van der Waals surface area contributed by atoms with Crippen LogP contribution in [0, 0.1) is 11.6 Å². The molecule has 0 spiro atoms. The van der Waals surface area contributed by atoms with E-state index in [1.807, 2.05) is 0 Å². The molecular formula is C30H36ClF2N3O4S. The first-order chi connectivity index (χ1) is 19.7. The smallest absolute Gasteiger partial charge is 0.410 e. The van der Waals surface area contributed by atoms with Gasteiger partial charge in [-0.1, -0.05) is 23.7 Å². The van der Waals surface area contributed by atoms with E-state index in [-0.39, 0.29) is 9.92 Å². The molecule has 7 nitrogen and oxygen atoms in total. The summed E-state index contributed by atoms with van der Waals surface area (Å²) >= 11 is 6.27. The Balaban J connectivity index is 1.28. The van der Waals surface area contributed by atoms with Crippen LogP contribution in [0.4, 0.5) is 13.6 Å². The number of ether oxygens (including phenoxy) is 1. The van der Waals surface area contributed by atoms with Crippen molar-refractivity contribution in [2.45, 2.75) is 86.4 Å². The second-order valence-corrected chi connectivity index (χ2v) is 14.0. The molecule has 2 atom stereocenters.